The van der Waals surface area contributed by atoms with E-state index in [0.29, 0.717) is 0 Å². The second-order valence-corrected chi connectivity index (χ2v) is 5.29. The molecule has 2 aliphatic heterocycles. The predicted molar refractivity (Wildman–Crippen MR) is 60.3 cm³/mol. The fraction of sp³-hybridized carbons (Fsp3) is 0.615. The van der Waals surface area contributed by atoms with E-state index < -0.39 is 17.5 Å². The van der Waals surface area contributed by atoms with E-state index in [9.17, 15) is 18.3 Å². The standard InChI is InChI=1S/C13H14F3NO2/c14-13(15,16)11-10(2-1-5-17-11)12(18)6-8-3-4-9(7-12)19-8/h1-2,5,8-9,18H,3-4,6-7H2. The lowest BCUT2D eigenvalue weighted by atomic mass is 9.82. The number of hydrogen-bond acceptors (Lipinski definition) is 3. The predicted octanol–water partition coefficient (Wildman–Crippen LogP) is 2.63. The van der Waals surface area contributed by atoms with E-state index in [1.165, 1.54) is 12.1 Å². The van der Waals surface area contributed by atoms with Crippen LogP contribution in [0.2, 0.25) is 0 Å². The molecule has 104 valence electrons. The molecule has 0 spiro atoms. The SMILES string of the molecule is OC1(c2cccnc2C(F)(F)F)CC2CCC(C1)O2. The highest BCUT2D eigenvalue weighted by molar-refractivity contribution is 5.30. The Morgan fingerprint density at radius 3 is 2.47 bits per heavy atom. The summed E-state index contributed by atoms with van der Waals surface area (Å²) in [6.45, 7) is 0. The molecule has 0 saturated carbocycles. The highest BCUT2D eigenvalue weighted by Crippen LogP contribution is 2.46. The number of pyridine rings is 1. The lowest BCUT2D eigenvalue weighted by Gasteiger charge is -2.37. The number of fused-ring (bicyclic) bond motifs is 2. The van der Waals surface area contributed by atoms with Gasteiger partial charge >= 0.3 is 6.18 Å². The van der Waals surface area contributed by atoms with Crippen LogP contribution in [0.5, 0.6) is 0 Å². The molecule has 2 atom stereocenters. The summed E-state index contributed by atoms with van der Waals surface area (Å²) in [5, 5.41) is 10.6. The lowest BCUT2D eigenvalue weighted by Crippen LogP contribution is -2.40. The third-order valence-electron chi connectivity index (χ3n) is 3.90. The quantitative estimate of drug-likeness (QED) is 0.855. The summed E-state index contributed by atoms with van der Waals surface area (Å²) in [6.07, 6.45) is -1.73. The van der Waals surface area contributed by atoms with E-state index in [0.717, 1.165) is 19.0 Å². The highest BCUT2D eigenvalue weighted by atomic mass is 19.4. The number of halogens is 3. The van der Waals surface area contributed by atoms with Gasteiger partial charge in [-0.1, -0.05) is 6.07 Å². The van der Waals surface area contributed by atoms with Crippen molar-refractivity contribution in [2.45, 2.75) is 49.7 Å². The van der Waals surface area contributed by atoms with Crippen LogP contribution in [0.4, 0.5) is 13.2 Å². The van der Waals surface area contributed by atoms with Gasteiger partial charge in [0.1, 0.15) is 5.69 Å². The summed E-state index contributed by atoms with van der Waals surface area (Å²) in [7, 11) is 0. The van der Waals surface area contributed by atoms with Gasteiger partial charge in [0.25, 0.3) is 0 Å². The number of nitrogens with zero attached hydrogens (tertiary/aromatic N) is 1. The van der Waals surface area contributed by atoms with E-state index >= 15 is 0 Å². The van der Waals surface area contributed by atoms with Crippen LogP contribution in [-0.2, 0) is 16.5 Å². The molecule has 3 heterocycles. The van der Waals surface area contributed by atoms with Crippen LogP contribution >= 0.6 is 0 Å². The van der Waals surface area contributed by atoms with Crippen LogP contribution in [-0.4, -0.2) is 22.3 Å². The Morgan fingerprint density at radius 2 is 1.89 bits per heavy atom. The third kappa shape index (κ3) is 2.23. The van der Waals surface area contributed by atoms with Gasteiger partial charge in [-0.3, -0.25) is 4.98 Å². The van der Waals surface area contributed by atoms with Crippen molar-refractivity contribution in [3.63, 3.8) is 0 Å². The molecule has 0 aliphatic carbocycles. The van der Waals surface area contributed by atoms with Crippen LogP contribution in [0.3, 0.4) is 0 Å². The minimum Gasteiger partial charge on any atom is -0.385 e. The monoisotopic (exact) mass is 273 g/mol. The maximum Gasteiger partial charge on any atom is 0.433 e. The molecule has 2 saturated heterocycles. The normalized spacial score (nSPS) is 34.5. The van der Waals surface area contributed by atoms with Crippen LogP contribution in [0.1, 0.15) is 36.9 Å². The molecular weight excluding hydrogens is 259 g/mol. The molecule has 0 aromatic carbocycles. The van der Waals surface area contributed by atoms with Crippen LogP contribution in [0.15, 0.2) is 18.3 Å². The molecule has 1 aromatic heterocycles. The highest BCUT2D eigenvalue weighted by Gasteiger charge is 2.49. The molecule has 19 heavy (non-hydrogen) atoms. The Balaban J connectivity index is 2.02. The first-order chi connectivity index (χ1) is 8.88. The average Bonchev–Trinajstić information content (AvgIpc) is 2.68. The maximum absolute atomic E-state index is 13.0. The van der Waals surface area contributed by atoms with Gasteiger partial charge in [0.15, 0.2) is 0 Å². The van der Waals surface area contributed by atoms with E-state index in [4.69, 9.17) is 4.74 Å². The zero-order chi connectivity index (χ0) is 13.7. The van der Waals surface area contributed by atoms with Crippen molar-refractivity contribution >= 4 is 0 Å². The summed E-state index contributed by atoms with van der Waals surface area (Å²) in [5.74, 6) is 0. The molecule has 2 aliphatic rings. The Labute approximate surface area is 108 Å². The minimum absolute atomic E-state index is 0.122. The number of hydrogen-bond donors (Lipinski definition) is 1. The molecule has 6 heteroatoms. The van der Waals surface area contributed by atoms with Crippen LogP contribution in [0.25, 0.3) is 0 Å². The molecule has 0 amide bonds. The van der Waals surface area contributed by atoms with Gasteiger partial charge in [-0.15, -0.1) is 0 Å². The second kappa shape index (κ2) is 4.18. The largest absolute Gasteiger partial charge is 0.433 e. The van der Waals surface area contributed by atoms with Crippen molar-refractivity contribution in [2.24, 2.45) is 0 Å². The van der Waals surface area contributed by atoms with Gasteiger partial charge in [0.05, 0.1) is 17.8 Å². The minimum atomic E-state index is -4.55. The number of aliphatic hydroxyl groups is 1. The molecule has 2 bridgehead atoms. The van der Waals surface area contributed by atoms with Crippen molar-refractivity contribution in [3.05, 3.63) is 29.6 Å². The van der Waals surface area contributed by atoms with Crippen molar-refractivity contribution in [1.29, 1.82) is 0 Å². The number of ether oxygens (including phenoxy) is 1. The molecule has 3 rings (SSSR count). The van der Waals surface area contributed by atoms with E-state index in [1.54, 1.807) is 0 Å². The summed E-state index contributed by atoms with van der Waals surface area (Å²) < 4.78 is 44.5. The van der Waals surface area contributed by atoms with Gasteiger partial charge in [-0.05, 0) is 18.9 Å². The van der Waals surface area contributed by atoms with E-state index in [-0.39, 0.29) is 30.6 Å². The van der Waals surface area contributed by atoms with Gasteiger partial charge < -0.3 is 9.84 Å². The van der Waals surface area contributed by atoms with Gasteiger partial charge in [0, 0.05) is 24.6 Å². The first-order valence-electron chi connectivity index (χ1n) is 6.29. The molecule has 2 unspecified atom stereocenters. The van der Waals surface area contributed by atoms with Crippen molar-refractivity contribution in [3.8, 4) is 0 Å². The maximum atomic E-state index is 13.0. The summed E-state index contributed by atoms with van der Waals surface area (Å²) >= 11 is 0. The number of rotatable bonds is 1. The van der Waals surface area contributed by atoms with Gasteiger partial charge in [-0.25, -0.2) is 0 Å². The summed E-state index contributed by atoms with van der Waals surface area (Å²) in [4.78, 5) is 3.42. The first-order valence-corrected chi connectivity index (χ1v) is 6.29. The third-order valence-corrected chi connectivity index (χ3v) is 3.90. The molecule has 2 fully saturated rings. The number of aromatic nitrogens is 1. The molecular formula is C13H14F3NO2. The van der Waals surface area contributed by atoms with Crippen LogP contribution < -0.4 is 0 Å². The van der Waals surface area contributed by atoms with Gasteiger partial charge in [-0.2, -0.15) is 13.2 Å². The zero-order valence-electron chi connectivity index (χ0n) is 10.2. The lowest BCUT2D eigenvalue weighted by molar-refractivity contribution is -0.151. The molecule has 1 aromatic rings. The smallest absolute Gasteiger partial charge is 0.385 e. The summed E-state index contributed by atoms with van der Waals surface area (Å²) in [5.41, 5.74) is -2.59. The molecule has 3 nitrogen and oxygen atoms in total. The fourth-order valence-electron chi connectivity index (χ4n) is 3.14. The number of alkyl halides is 3. The molecule has 1 N–H and O–H groups in total. The molecule has 0 radical (unpaired) electrons. The van der Waals surface area contributed by atoms with Crippen LogP contribution in [0, 0.1) is 0 Å². The fourth-order valence-corrected chi connectivity index (χ4v) is 3.14. The second-order valence-electron chi connectivity index (χ2n) is 5.29. The van der Waals surface area contributed by atoms with Crippen molar-refractivity contribution in [2.75, 3.05) is 0 Å². The Morgan fingerprint density at radius 1 is 1.26 bits per heavy atom. The Hall–Kier alpha value is -1.14. The topological polar surface area (TPSA) is 42.4 Å². The zero-order valence-corrected chi connectivity index (χ0v) is 10.2. The summed E-state index contributed by atoms with van der Waals surface area (Å²) in [6, 6.07) is 2.75. The Bertz CT molecular complexity index is 477. The van der Waals surface area contributed by atoms with Crippen molar-refractivity contribution < 1.29 is 23.0 Å². The van der Waals surface area contributed by atoms with E-state index in [1.807, 2.05) is 0 Å². The van der Waals surface area contributed by atoms with E-state index in [2.05, 4.69) is 4.98 Å². The van der Waals surface area contributed by atoms with Gasteiger partial charge in [0.2, 0.25) is 0 Å². The van der Waals surface area contributed by atoms with Crippen molar-refractivity contribution in [1.82, 2.24) is 4.98 Å². The Kier molecular flexibility index (Phi) is 2.83. The average molecular weight is 273 g/mol. The first kappa shape index (κ1) is 12.9.